The summed E-state index contributed by atoms with van der Waals surface area (Å²) in [4.78, 5) is 1.87. The maximum Gasteiger partial charge on any atom is 0.149 e. The predicted octanol–water partition coefficient (Wildman–Crippen LogP) is 3.48. The zero-order chi connectivity index (χ0) is 14.9. The van der Waals surface area contributed by atoms with E-state index in [1.54, 1.807) is 0 Å². The average Bonchev–Trinajstić information content (AvgIpc) is 2.31. The fraction of sp³-hybridized carbons (Fsp3) is 0.625. The summed E-state index contributed by atoms with van der Waals surface area (Å²) in [5, 5.41) is 0. The summed E-state index contributed by atoms with van der Waals surface area (Å²) < 4.78 is 28.6. The lowest BCUT2D eigenvalue weighted by Crippen LogP contribution is -2.42. The van der Waals surface area contributed by atoms with E-state index in [4.69, 9.17) is 5.73 Å². The van der Waals surface area contributed by atoms with Crippen molar-refractivity contribution in [1.29, 1.82) is 0 Å². The first-order valence-electron chi connectivity index (χ1n) is 7.38. The number of hydrogen-bond donors (Lipinski definition) is 1. The molecule has 2 nitrogen and oxygen atoms in total. The Morgan fingerprint density at radius 1 is 1.25 bits per heavy atom. The minimum absolute atomic E-state index is 0.103. The lowest BCUT2D eigenvalue weighted by Gasteiger charge is -2.39. The van der Waals surface area contributed by atoms with Crippen molar-refractivity contribution in [3.63, 3.8) is 0 Å². The lowest BCUT2D eigenvalue weighted by atomic mass is 9.94. The smallest absolute Gasteiger partial charge is 0.149 e. The minimum atomic E-state index is -0.471. The van der Waals surface area contributed by atoms with E-state index >= 15 is 0 Å². The van der Waals surface area contributed by atoms with E-state index in [0.29, 0.717) is 24.4 Å². The van der Waals surface area contributed by atoms with Crippen molar-refractivity contribution in [3.05, 3.63) is 29.3 Å². The molecule has 0 amide bonds. The summed E-state index contributed by atoms with van der Waals surface area (Å²) in [5.74, 6) is -0.475. The third kappa shape index (κ3) is 3.29. The molecule has 112 valence electrons. The largest absolute Gasteiger partial charge is 0.364 e. The van der Waals surface area contributed by atoms with E-state index in [0.717, 1.165) is 12.8 Å². The van der Waals surface area contributed by atoms with Gasteiger partial charge in [0.1, 0.15) is 17.3 Å². The van der Waals surface area contributed by atoms with Crippen LogP contribution < -0.4 is 10.6 Å². The van der Waals surface area contributed by atoms with Crippen molar-refractivity contribution in [2.45, 2.75) is 52.1 Å². The quantitative estimate of drug-likeness (QED) is 0.919. The molecule has 0 spiro atoms. The molecule has 0 radical (unpaired) electrons. The molecule has 1 aromatic carbocycles. The minimum Gasteiger partial charge on any atom is -0.364 e. The molecule has 20 heavy (non-hydrogen) atoms. The third-order valence-corrected chi connectivity index (χ3v) is 4.04. The van der Waals surface area contributed by atoms with Gasteiger partial charge in [-0.3, -0.25) is 0 Å². The SMILES string of the molecule is CC(N)Cc1cc(F)c(N2CC(C)CCC2C)c(F)c1. The number of hydrogen-bond acceptors (Lipinski definition) is 2. The molecule has 2 rings (SSSR count). The highest BCUT2D eigenvalue weighted by atomic mass is 19.1. The molecule has 1 aromatic rings. The molecule has 4 heteroatoms. The molecule has 1 fully saturated rings. The Morgan fingerprint density at radius 3 is 2.40 bits per heavy atom. The van der Waals surface area contributed by atoms with Crippen molar-refractivity contribution in [1.82, 2.24) is 0 Å². The predicted molar refractivity (Wildman–Crippen MR) is 78.9 cm³/mol. The second-order valence-corrected chi connectivity index (χ2v) is 6.27. The second-order valence-electron chi connectivity index (χ2n) is 6.27. The standard InChI is InChI=1S/C16H24F2N2/c1-10-4-5-12(3)20(9-10)16-14(17)7-13(6-11(2)19)8-15(16)18/h7-8,10-12H,4-6,9,19H2,1-3H3. The van der Waals surface area contributed by atoms with Gasteiger partial charge in [-0.1, -0.05) is 6.92 Å². The highest BCUT2D eigenvalue weighted by Gasteiger charge is 2.27. The fourth-order valence-electron chi connectivity index (χ4n) is 2.98. The van der Waals surface area contributed by atoms with E-state index in [-0.39, 0.29) is 17.8 Å². The first-order valence-corrected chi connectivity index (χ1v) is 7.38. The van der Waals surface area contributed by atoms with Crippen LogP contribution in [0.2, 0.25) is 0 Å². The Balaban J connectivity index is 2.31. The normalized spacial score (nSPS) is 24.8. The first kappa shape index (κ1) is 15.2. The van der Waals surface area contributed by atoms with Crippen LogP contribution in [0.4, 0.5) is 14.5 Å². The molecule has 2 N–H and O–H groups in total. The van der Waals surface area contributed by atoms with Crippen LogP contribution in [0.5, 0.6) is 0 Å². The molecule has 0 aliphatic carbocycles. The van der Waals surface area contributed by atoms with E-state index in [1.807, 2.05) is 18.7 Å². The lowest BCUT2D eigenvalue weighted by molar-refractivity contribution is 0.381. The Bertz CT molecular complexity index is 451. The van der Waals surface area contributed by atoms with Crippen LogP contribution in [0, 0.1) is 17.6 Å². The van der Waals surface area contributed by atoms with Gasteiger partial charge in [0.2, 0.25) is 0 Å². The monoisotopic (exact) mass is 282 g/mol. The van der Waals surface area contributed by atoms with E-state index in [2.05, 4.69) is 6.92 Å². The van der Waals surface area contributed by atoms with Gasteiger partial charge in [0.05, 0.1) is 0 Å². The molecule has 1 aliphatic heterocycles. The summed E-state index contributed by atoms with van der Waals surface area (Å²) >= 11 is 0. The van der Waals surface area contributed by atoms with Gasteiger partial charge >= 0.3 is 0 Å². The van der Waals surface area contributed by atoms with Gasteiger partial charge in [-0.2, -0.15) is 0 Å². The summed E-state index contributed by atoms with van der Waals surface area (Å²) in [6.45, 7) is 6.69. The van der Waals surface area contributed by atoms with Crippen LogP contribution in [0.1, 0.15) is 39.2 Å². The topological polar surface area (TPSA) is 29.3 Å². The maximum absolute atomic E-state index is 14.3. The number of benzene rings is 1. The molecule has 3 atom stereocenters. The fourth-order valence-corrected chi connectivity index (χ4v) is 2.98. The number of halogens is 2. The van der Waals surface area contributed by atoms with Crippen LogP contribution in [0.3, 0.4) is 0 Å². The van der Waals surface area contributed by atoms with Gasteiger partial charge in [0.25, 0.3) is 0 Å². The molecular weight excluding hydrogens is 258 g/mol. The molecular formula is C16H24F2N2. The Kier molecular flexibility index (Phi) is 4.63. The number of rotatable bonds is 3. The third-order valence-electron chi connectivity index (χ3n) is 4.04. The Hall–Kier alpha value is -1.16. The van der Waals surface area contributed by atoms with E-state index in [1.165, 1.54) is 12.1 Å². The van der Waals surface area contributed by atoms with Crippen molar-refractivity contribution in [2.24, 2.45) is 11.7 Å². The van der Waals surface area contributed by atoms with Crippen LogP contribution in [-0.2, 0) is 6.42 Å². The summed E-state index contributed by atoms with van der Waals surface area (Å²) in [5.41, 5.74) is 6.43. The van der Waals surface area contributed by atoms with Gasteiger partial charge in [-0.05, 0) is 56.7 Å². The highest BCUT2D eigenvalue weighted by molar-refractivity contribution is 5.52. The van der Waals surface area contributed by atoms with E-state index in [9.17, 15) is 8.78 Å². The highest BCUT2D eigenvalue weighted by Crippen LogP contribution is 2.32. The van der Waals surface area contributed by atoms with Crippen molar-refractivity contribution >= 4 is 5.69 Å². The maximum atomic E-state index is 14.3. The van der Waals surface area contributed by atoms with Gasteiger partial charge < -0.3 is 10.6 Å². The molecule has 0 aromatic heterocycles. The van der Waals surface area contributed by atoms with Gasteiger partial charge in [0.15, 0.2) is 0 Å². The van der Waals surface area contributed by atoms with Crippen LogP contribution in [0.25, 0.3) is 0 Å². The zero-order valence-electron chi connectivity index (χ0n) is 12.5. The number of nitrogens with two attached hydrogens (primary N) is 1. The summed E-state index contributed by atoms with van der Waals surface area (Å²) in [6.07, 6.45) is 2.57. The molecule has 3 unspecified atom stereocenters. The number of anilines is 1. The first-order chi connectivity index (χ1) is 9.38. The van der Waals surface area contributed by atoms with Gasteiger partial charge in [0, 0.05) is 18.6 Å². The summed E-state index contributed by atoms with van der Waals surface area (Å²) in [6, 6.07) is 2.92. The van der Waals surface area contributed by atoms with Crippen LogP contribution in [0.15, 0.2) is 12.1 Å². The molecule has 1 saturated heterocycles. The molecule has 0 saturated carbocycles. The van der Waals surface area contributed by atoms with Gasteiger partial charge in [-0.25, -0.2) is 8.78 Å². The molecule has 1 heterocycles. The Labute approximate surface area is 120 Å². The Morgan fingerprint density at radius 2 is 1.85 bits per heavy atom. The molecule has 1 aliphatic rings. The van der Waals surface area contributed by atoms with Crippen LogP contribution >= 0.6 is 0 Å². The van der Waals surface area contributed by atoms with Gasteiger partial charge in [-0.15, -0.1) is 0 Å². The zero-order valence-corrected chi connectivity index (χ0v) is 12.5. The number of piperidine rings is 1. The van der Waals surface area contributed by atoms with Crippen molar-refractivity contribution < 1.29 is 8.78 Å². The van der Waals surface area contributed by atoms with Crippen molar-refractivity contribution in [2.75, 3.05) is 11.4 Å². The van der Waals surface area contributed by atoms with Crippen LogP contribution in [-0.4, -0.2) is 18.6 Å². The second kappa shape index (κ2) is 6.08. The summed E-state index contributed by atoms with van der Waals surface area (Å²) in [7, 11) is 0. The molecule has 0 bridgehead atoms. The van der Waals surface area contributed by atoms with E-state index < -0.39 is 11.6 Å². The average molecular weight is 282 g/mol. The number of nitrogens with zero attached hydrogens (tertiary/aromatic N) is 1. The van der Waals surface area contributed by atoms with Crippen molar-refractivity contribution in [3.8, 4) is 0 Å².